The van der Waals surface area contributed by atoms with Crippen molar-refractivity contribution in [2.24, 2.45) is 52.3 Å². The van der Waals surface area contributed by atoms with Crippen molar-refractivity contribution in [2.75, 3.05) is 13.2 Å². The van der Waals surface area contributed by atoms with Crippen molar-refractivity contribution in [1.29, 1.82) is 0 Å². The zero-order chi connectivity index (χ0) is 37.9. The zero-order valence-electron chi connectivity index (χ0n) is 31.7. The lowest BCUT2D eigenvalue weighted by molar-refractivity contribution is -0.376. The summed E-state index contributed by atoms with van der Waals surface area (Å²) in [6.07, 6.45) is -10.5. The average molecular weight is 757 g/mol. The molecule has 0 bridgehead atoms. The predicted octanol–water partition coefficient (Wildman–Crippen LogP) is 0.411. The van der Waals surface area contributed by atoms with Gasteiger partial charge in [-0.3, -0.25) is 0 Å². The molecular weight excluding hydrogens is 692 g/mol. The number of hydrogen-bond donors (Lipinski definition) is 8. The minimum absolute atomic E-state index is 0.0153. The maximum absolute atomic E-state index is 12.1. The Bertz CT molecular complexity index is 1310. The molecule has 0 aromatic rings. The van der Waals surface area contributed by atoms with Crippen LogP contribution < -0.4 is 0 Å². The van der Waals surface area contributed by atoms with Gasteiger partial charge in [0.1, 0.15) is 48.8 Å². The zero-order valence-corrected chi connectivity index (χ0v) is 31.7. The average Bonchev–Trinajstić information content (AvgIpc) is 3.58. The van der Waals surface area contributed by atoms with E-state index in [1.54, 1.807) is 0 Å². The lowest BCUT2D eigenvalue weighted by Gasteiger charge is -2.63. The Hall–Kier alpha value is -0.560. The molecule has 14 heteroatoms. The van der Waals surface area contributed by atoms with Crippen LogP contribution in [0.3, 0.4) is 0 Å². The van der Waals surface area contributed by atoms with Gasteiger partial charge in [-0.15, -0.1) is 0 Å². The van der Waals surface area contributed by atoms with Gasteiger partial charge in [0.2, 0.25) is 0 Å². The van der Waals surface area contributed by atoms with Crippen molar-refractivity contribution in [1.82, 2.24) is 0 Å². The molecule has 24 atom stereocenters. The van der Waals surface area contributed by atoms with E-state index in [0.717, 1.165) is 51.6 Å². The van der Waals surface area contributed by atoms with E-state index in [1.165, 1.54) is 6.92 Å². The fourth-order valence-electron chi connectivity index (χ4n) is 13.2. The van der Waals surface area contributed by atoms with Crippen LogP contribution in [-0.2, 0) is 28.4 Å². The maximum Gasteiger partial charge on any atom is 0.187 e. The van der Waals surface area contributed by atoms with Gasteiger partial charge in [-0.05, 0) is 92.8 Å². The standard InChI is InChI=1S/C39H64O14/c1-16-8-11-39(48-15-16)17(2)26-23(53-39)13-22-20-7-6-19-12-24(29(43)34(47)38(19,5)21(20)9-10-37(22,26)4)50-36-33(31(45)28(42)25(14-40)51-36)52-35-32(46)30(44)27(41)18(3)49-35/h16-36,40-47H,6-15H2,1-5H3. The third kappa shape index (κ3) is 5.94. The van der Waals surface area contributed by atoms with Gasteiger partial charge < -0.3 is 69.3 Å². The van der Waals surface area contributed by atoms with Crippen LogP contribution in [0.1, 0.15) is 86.0 Å². The molecule has 0 aromatic carbocycles. The fraction of sp³-hybridized carbons (Fsp3) is 1.00. The number of rotatable bonds is 5. The molecule has 8 N–H and O–H groups in total. The minimum Gasteiger partial charge on any atom is -0.394 e. The van der Waals surface area contributed by atoms with Gasteiger partial charge in [-0.2, -0.15) is 0 Å². The van der Waals surface area contributed by atoms with E-state index in [0.29, 0.717) is 36.0 Å². The molecule has 0 amide bonds. The van der Waals surface area contributed by atoms with Crippen LogP contribution in [0.5, 0.6) is 0 Å². The van der Waals surface area contributed by atoms with Gasteiger partial charge in [-0.1, -0.05) is 27.7 Å². The summed E-state index contributed by atoms with van der Waals surface area (Å²) >= 11 is 0. The number of aliphatic hydroxyl groups is 8. The van der Waals surface area contributed by atoms with Gasteiger partial charge in [0, 0.05) is 17.8 Å². The lowest BCUT2D eigenvalue weighted by atomic mass is 9.43. The maximum atomic E-state index is 12.1. The second kappa shape index (κ2) is 14.1. The minimum atomic E-state index is -1.70. The number of hydrogen-bond acceptors (Lipinski definition) is 14. The first-order chi connectivity index (χ1) is 25.1. The third-order valence-electron chi connectivity index (χ3n) is 16.3. The SMILES string of the molecule is CC1CCC2(OC1)OC1CC3C4CCC5CC(OC6OC(CO)C(O)C(O)C6OC6OC(C)C(O)C(O)C6O)C(O)C(O)C5(C)C4CCC3(C)C1C2C. The van der Waals surface area contributed by atoms with Crippen molar-refractivity contribution in [2.45, 2.75) is 178 Å². The molecule has 4 saturated heterocycles. The Morgan fingerprint density at radius 1 is 0.717 bits per heavy atom. The van der Waals surface area contributed by atoms with E-state index in [2.05, 4.69) is 27.7 Å². The first-order valence-corrected chi connectivity index (χ1v) is 20.4. The highest BCUT2D eigenvalue weighted by Gasteiger charge is 2.70. The molecule has 53 heavy (non-hydrogen) atoms. The van der Waals surface area contributed by atoms with Crippen LogP contribution in [0, 0.1) is 52.3 Å². The summed E-state index contributed by atoms with van der Waals surface area (Å²) in [6.45, 7) is 10.8. The highest BCUT2D eigenvalue weighted by molar-refractivity contribution is 5.17. The Morgan fingerprint density at radius 2 is 1.47 bits per heavy atom. The van der Waals surface area contributed by atoms with Crippen LogP contribution in [0.4, 0.5) is 0 Å². The molecule has 4 heterocycles. The van der Waals surface area contributed by atoms with Crippen molar-refractivity contribution < 1.29 is 69.3 Å². The van der Waals surface area contributed by atoms with E-state index in [-0.39, 0.29) is 23.4 Å². The lowest BCUT2D eigenvalue weighted by Crippen LogP contribution is -2.67. The van der Waals surface area contributed by atoms with Crippen LogP contribution in [0.25, 0.3) is 0 Å². The van der Waals surface area contributed by atoms with Crippen LogP contribution in [0.2, 0.25) is 0 Å². The van der Waals surface area contributed by atoms with Gasteiger partial charge in [-0.25, -0.2) is 0 Å². The smallest absolute Gasteiger partial charge is 0.187 e. The molecule has 304 valence electrons. The van der Waals surface area contributed by atoms with Crippen molar-refractivity contribution in [3.8, 4) is 0 Å². The van der Waals surface area contributed by atoms with Crippen molar-refractivity contribution in [3.05, 3.63) is 0 Å². The van der Waals surface area contributed by atoms with E-state index in [4.69, 9.17) is 28.4 Å². The van der Waals surface area contributed by atoms with Crippen molar-refractivity contribution in [3.63, 3.8) is 0 Å². The quantitative estimate of drug-likeness (QED) is 0.179. The van der Waals surface area contributed by atoms with Crippen LogP contribution in [-0.4, -0.2) is 146 Å². The van der Waals surface area contributed by atoms with Gasteiger partial charge >= 0.3 is 0 Å². The Labute approximate surface area is 312 Å². The molecule has 8 fully saturated rings. The number of ether oxygens (including phenoxy) is 6. The van der Waals surface area contributed by atoms with Gasteiger partial charge in [0.05, 0.1) is 37.6 Å². The first kappa shape index (κ1) is 39.3. The first-order valence-electron chi connectivity index (χ1n) is 20.4. The fourth-order valence-corrected chi connectivity index (χ4v) is 13.2. The summed E-state index contributed by atoms with van der Waals surface area (Å²) < 4.78 is 37.2. The highest BCUT2D eigenvalue weighted by Crippen LogP contribution is 2.71. The molecule has 4 saturated carbocycles. The molecule has 1 spiro atoms. The summed E-state index contributed by atoms with van der Waals surface area (Å²) in [6, 6.07) is 0. The molecule has 8 aliphatic rings. The van der Waals surface area contributed by atoms with E-state index in [9.17, 15) is 40.9 Å². The Morgan fingerprint density at radius 3 is 2.17 bits per heavy atom. The number of fused-ring (bicyclic) bond motifs is 7. The summed E-state index contributed by atoms with van der Waals surface area (Å²) in [5.74, 6) is 1.86. The number of aliphatic hydroxyl groups excluding tert-OH is 8. The van der Waals surface area contributed by atoms with E-state index < -0.39 is 97.5 Å². The molecule has 0 radical (unpaired) electrons. The van der Waals surface area contributed by atoms with Crippen LogP contribution in [0.15, 0.2) is 0 Å². The Kier molecular flexibility index (Phi) is 10.4. The third-order valence-corrected chi connectivity index (χ3v) is 16.3. The predicted molar refractivity (Wildman–Crippen MR) is 184 cm³/mol. The summed E-state index contributed by atoms with van der Waals surface area (Å²) in [7, 11) is 0. The summed E-state index contributed by atoms with van der Waals surface area (Å²) in [4.78, 5) is 0. The molecule has 4 aliphatic heterocycles. The second-order valence-corrected chi connectivity index (χ2v) is 18.9. The van der Waals surface area contributed by atoms with E-state index >= 15 is 0 Å². The Balaban J connectivity index is 0.983. The normalized spacial score (nSPS) is 61.0. The topological polar surface area (TPSA) is 217 Å². The van der Waals surface area contributed by atoms with Crippen LogP contribution >= 0.6 is 0 Å². The summed E-state index contributed by atoms with van der Waals surface area (Å²) in [5, 5.41) is 86.9. The largest absolute Gasteiger partial charge is 0.394 e. The van der Waals surface area contributed by atoms with Gasteiger partial charge in [0.15, 0.2) is 18.4 Å². The highest BCUT2D eigenvalue weighted by atomic mass is 16.8. The monoisotopic (exact) mass is 756 g/mol. The summed E-state index contributed by atoms with van der Waals surface area (Å²) in [5.41, 5.74) is -0.463. The van der Waals surface area contributed by atoms with Crippen molar-refractivity contribution >= 4 is 0 Å². The van der Waals surface area contributed by atoms with E-state index in [1.807, 2.05) is 0 Å². The molecule has 24 unspecified atom stereocenters. The van der Waals surface area contributed by atoms with Gasteiger partial charge in [0.25, 0.3) is 0 Å². The molecular formula is C39H64O14. The molecule has 4 aliphatic carbocycles. The molecule has 0 aromatic heterocycles. The molecule has 8 rings (SSSR count). The molecule has 14 nitrogen and oxygen atoms in total. The second-order valence-electron chi connectivity index (χ2n) is 18.9.